The van der Waals surface area contributed by atoms with E-state index in [1.54, 1.807) is 0 Å². The Morgan fingerprint density at radius 1 is 0.929 bits per heavy atom. The van der Waals surface area contributed by atoms with Gasteiger partial charge < -0.3 is 5.73 Å². The number of primary amides is 1. The number of unbranched alkanes of at least 4 members (excludes halogenated alkanes) is 7. The van der Waals surface area contributed by atoms with Crippen molar-refractivity contribution in [3.8, 4) is 0 Å². The number of hydrogen-bond donors (Lipinski definition) is 1. The molecule has 0 rings (SSSR count). The topological polar surface area (TPSA) is 43.1 Å². The van der Waals surface area contributed by atoms with Gasteiger partial charge in [-0.25, -0.2) is 0 Å². The zero-order chi connectivity index (χ0) is 9.94. The summed E-state index contributed by atoms with van der Waals surface area (Å²) in [6.07, 6.45) is 10.7. The predicted octanol–water partition coefficient (Wildman–Crippen LogP) is 2.35. The van der Waals surface area contributed by atoms with Gasteiger partial charge >= 0.3 is 29.6 Å². The third-order valence-electron chi connectivity index (χ3n) is 2.28. The van der Waals surface area contributed by atoms with Crippen LogP contribution in [0.2, 0.25) is 0 Å². The summed E-state index contributed by atoms with van der Waals surface area (Å²) >= 11 is 0. The van der Waals surface area contributed by atoms with Gasteiger partial charge in [-0.3, -0.25) is 4.79 Å². The molecule has 3 heteroatoms. The molecule has 0 unspecified atom stereocenters. The Kier molecular flexibility index (Phi) is 16.2. The van der Waals surface area contributed by atoms with Crippen LogP contribution < -0.4 is 5.73 Å². The summed E-state index contributed by atoms with van der Waals surface area (Å²) in [6.45, 7) is 2.23. The van der Waals surface area contributed by atoms with Gasteiger partial charge in [-0.05, 0) is 6.42 Å². The van der Waals surface area contributed by atoms with Crippen LogP contribution in [0.15, 0.2) is 0 Å². The Labute approximate surface area is 110 Å². The van der Waals surface area contributed by atoms with Crippen molar-refractivity contribution in [2.75, 3.05) is 0 Å². The summed E-state index contributed by atoms with van der Waals surface area (Å²) in [5.41, 5.74) is 5.03. The maximum atomic E-state index is 10.4. The van der Waals surface area contributed by atoms with E-state index in [9.17, 15) is 4.79 Å². The van der Waals surface area contributed by atoms with Crippen LogP contribution in [0.1, 0.15) is 64.7 Å². The van der Waals surface area contributed by atoms with Crippen molar-refractivity contribution < 1.29 is 4.79 Å². The van der Waals surface area contributed by atoms with Crippen LogP contribution in [-0.4, -0.2) is 35.5 Å². The van der Waals surface area contributed by atoms with Crippen LogP contribution in [0.4, 0.5) is 0 Å². The van der Waals surface area contributed by atoms with Gasteiger partial charge in [0.2, 0.25) is 5.91 Å². The first-order valence-electron chi connectivity index (χ1n) is 5.55. The van der Waals surface area contributed by atoms with Crippen molar-refractivity contribution in [2.45, 2.75) is 64.7 Å². The molecule has 80 valence electrons. The Morgan fingerprint density at radius 2 is 1.36 bits per heavy atom. The molecule has 0 aliphatic carbocycles. The van der Waals surface area contributed by atoms with Gasteiger partial charge in [-0.2, -0.15) is 0 Å². The fourth-order valence-electron chi connectivity index (χ4n) is 1.43. The molecule has 0 bridgehead atoms. The van der Waals surface area contributed by atoms with E-state index in [4.69, 9.17) is 5.73 Å². The molecule has 2 nitrogen and oxygen atoms in total. The molecule has 0 heterocycles. The first kappa shape index (κ1) is 16.9. The van der Waals surface area contributed by atoms with Gasteiger partial charge in [0, 0.05) is 6.42 Å². The van der Waals surface area contributed by atoms with E-state index in [0.29, 0.717) is 6.42 Å². The Hall–Kier alpha value is 0.470. The van der Waals surface area contributed by atoms with Crippen LogP contribution in [0.25, 0.3) is 0 Å². The fraction of sp³-hybridized carbons (Fsp3) is 0.909. The predicted molar refractivity (Wildman–Crippen MR) is 63.6 cm³/mol. The monoisotopic (exact) mass is 209 g/mol. The van der Waals surface area contributed by atoms with E-state index in [-0.39, 0.29) is 35.5 Å². The molecule has 0 saturated heterocycles. The normalized spacial score (nSPS) is 9.50. The van der Waals surface area contributed by atoms with Gasteiger partial charge in [0.05, 0.1) is 0 Å². The zero-order valence-electron chi connectivity index (χ0n) is 8.85. The number of carbonyl (C=O) groups excluding carboxylic acids is 1. The Balaban J connectivity index is 0. The average Bonchev–Trinajstić information content (AvgIpc) is 2.09. The van der Waals surface area contributed by atoms with Crippen molar-refractivity contribution in [1.82, 2.24) is 0 Å². The third-order valence-corrected chi connectivity index (χ3v) is 2.28. The van der Waals surface area contributed by atoms with Crippen molar-refractivity contribution >= 4 is 35.5 Å². The van der Waals surface area contributed by atoms with E-state index in [1.165, 1.54) is 38.5 Å². The van der Waals surface area contributed by atoms with Crippen molar-refractivity contribution in [3.63, 3.8) is 0 Å². The fourth-order valence-corrected chi connectivity index (χ4v) is 1.43. The van der Waals surface area contributed by atoms with Crippen LogP contribution in [0, 0.1) is 0 Å². The first-order valence-corrected chi connectivity index (χ1v) is 5.55. The summed E-state index contributed by atoms with van der Waals surface area (Å²) in [7, 11) is 0. The van der Waals surface area contributed by atoms with E-state index in [1.807, 2.05) is 0 Å². The second-order valence-corrected chi connectivity index (χ2v) is 3.69. The van der Waals surface area contributed by atoms with Crippen molar-refractivity contribution in [1.29, 1.82) is 0 Å². The summed E-state index contributed by atoms with van der Waals surface area (Å²) in [5.74, 6) is -0.161. The van der Waals surface area contributed by atoms with Crippen molar-refractivity contribution in [2.24, 2.45) is 5.73 Å². The summed E-state index contributed by atoms with van der Waals surface area (Å²) < 4.78 is 0. The maximum absolute atomic E-state index is 10.4. The first-order chi connectivity index (χ1) is 6.27. The Bertz CT molecular complexity index is 128. The van der Waals surface area contributed by atoms with Crippen LogP contribution in [0.3, 0.4) is 0 Å². The number of amides is 1. The molecular weight excluding hydrogens is 185 g/mol. The van der Waals surface area contributed by atoms with E-state index in [0.717, 1.165) is 12.8 Å². The second-order valence-electron chi connectivity index (χ2n) is 3.69. The number of nitrogens with two attached hydrogens (primary N) is 1. The SMILES string of the molecule is CCCCCCCCCCC(N)=O.[NaH]. The third kappa shape index (κ3) is 15.0. The summed E-state index contributed by atoms with van der Waals surface area (Å²) in [5, 5.41) is 0. The van der Waals surface area contributed by atoms with Gasteiger partial charge in [-0.1, -0.05) is 51.9 Å². The molecule has 2 N–H and O–H groups in total. The molecule has 0 saturated carbocycles. The summed E-state index contributed by atoms with van der Waals surface area (Å²) in [4.78, 5) is 10.4. The van der Waals surface area contributed by atoms with Gasteiger partial charge in [0.15, 0.2) is 0 Å². The molecule has 1 amide bonds. The zero-order valence-corrected chi connectivity index (χ0v) is 8.85. The molecule has 0 aromatic rings. The van der Waals surface area contributed by atoms with Crippen molar-refractivity contribution in [3.05, 3.63) is 0 Å². The minimum absolute atomic E-state index is 0. The van der Waals surface area contributed by atoms with E-state index in [2.05, 4.69) is 6.92 Å². The molecule has 0 atom stereocenters. The number of carbonyl (C=O) groups is 1. The van der Waals surface area contributed by atoms with Gasteiger partial charge in [0.25, 0.3) is 0 Å². The molecule has 0 aliphatic rings. The molecule has 0 spiro atoms. The Morgan fingerprint density at radius 3 is 1.79 bits per heavy atom. The van der Waals surface area contributed by atoms with Gasteiger partial charge in [-0.15, -0.1) is 0 Å². The standard InChI is InChI=1S/C11H23NO.Na.H/c1-2-3-4-5-6-7-8-9-10-11(12)13;;/h2-10H2,1H3,(H2,12,13);;. The quantitative estimate of drug-likeness (QED) is 0.460. The van der Waals surface area contributed by atoms with E-state index >= 15 is 0 Å². The van der Waals surface area contributed by atoms with Gasteiger partial charge in [0.1, 0.15) is 0 Å². The molecule has 0 fully saturated rings. The molecular formula is C11H24NNaO. The van der Waals surface area contributed by atoms with Crippen LogP contribution >= 0.6 is 0 Å². The molecule has 0 radical (unpaired) electrons. The van der Waals surface area contributed by atoms with Crippen LogP contribution in [-0.2, 0) is 4.79 Å². The molecule has 0 aliphatic heterocycles. The van der Waals surface area contributed by atoms with E-state index < -0.39 is 0 Å². The second kappa shape index (κ2) is 13.5. The number of rotatable bonds is 9. The molecule has 14 heavy (non-hydrogen) atoms. The molecule has 0 aromatic carbocycles. The van der Waals surface area contributed by atoms with Crippen LogP contribution in [0.5, 0.6) is 0 Å². The average molecular weight is 209 g/mol. The summed E-state index contributed by atoms with van der Waals surface area (Å²) in [6, 6.07) is 0. The number of hydrogen-bond acceptors (Lipinski definition) is 1. The minimum atomic E-state index is -0.161. The molecule has 0 aromatic heterocycles.